The van der Waals surface area contributed by atoms with Crippen molar-refractivity contribution < 1.29 is 14.4 Å². The van der Waals surface area contributed by atoms with E-state index in [0.29, 0.717) is 18.7 Å². The van der Waals surface area contributed by atoms with Crippen LogP contribution in [0.3, 0.4) is 0 Å². The van der Waals surface area contributed by atoms with Crippen molar-refractivity contribution in [1.82, 2.24) is 15.4 Å². The van der Waals surface area contributed by atoms with E-state index in [9.17, 15) is 9.90 Å². The van der Waals surface area contributed by atoms with Crippen molar-refractivity contribution in [3.05, 3.63) is 53.4 Å². The number of aryl methyl sites for hydroxylation is 1. The molecule has 2 amide bonds. The molecular formula is C18H23N3O3. The minimum absolute atomic E-state index is 0.0549. The molecule has 2 atom stereocenters. The van der Waals surface area contributed by atoms with Crippen LogP contribution in [0.25, 0.3) is 0 Å². The first-order chi connectivity index (χ1) is 11.6. The molecular weight excluding hydrogens is 306 g/mol. The lowest BCUT2D eigenvalue weighted by Gasteiger charge is -2.26. The number of aliphatic hydroxyl groups is 1. The fourth-order valence-corrected chi connectivity index (χ4v) is 3.19. The van der Waals surface area contributed by atoms with Crippen LogP contribution >= 0.6 is 0 Å². The Morgan fingerprint density at radius 2 is 2.25 bits per heavy atom. The lowest BCUT2D eigenvalue weighted by Crippen LogP contribution is -2.43. The zero-order chi connectivity index (χ0) is 16.9. The van der Waals surface area contributed by atoms with Crippen molar-refractivity contribution in [2.75, 3.05) is 6.54 Å². The predicted octanol–water partition coefficient (Wildman–Crippen LogP) is 2.78. The number of hydrogen-bond donors (Lipinski definition) is 2. The smallest absolute Gasteiger partial charge is 0.317 e. The molecule has 0 bridgehead atoms. The van der Waals surface area contributed by atoms with E-state index in [1.807, 2.05) is 42.2 Å². The first-order valence-corrected chi connectivity index (χ1v) is 8.33. The van der Waals surface area contributed by atoms with Crippen LogP contribution in [-0.4, -0.2) is 33.8 Å². The lowest BCUT2D eigenvalue weighted by molar-refractivity contribution is 0.126. The number of carbonyl (C=O) groups is 1. The summed E-state index contributed by atoms with van der Waals surface area (Å²) in [6.07, 6.45) is 1.88. The van der Waals surface area contributed by atoms with Gasteiger partial charge in [0.05, 0.1) is 12.6 Å². The number of nitrogens with zero attached hydrogens (tertiary/aromatic N) is 2. The van der Waals surface area contributed by atoms with Gasteiger partial charge in [0.25, 0.3) is 0 Å². The molecule has 0 radical (unpaired) electrons. The first kappa shape index (κ1) is 16.5. The number of benzene rings is 1. The van der Waals surface area contributed by atoms with Crippen molar-refractivity contribution in [3.63, 3.8) is 0 Å². The number of nitrogens with one attached hydrogen (secondary N) is 1. The summed E-state index contributed by atoms with van der Waals surface area (Å²) in [6, 6.07) is 11.3. The van der Waals surface area contributed by atoms with Gasteiger partial charge >= 0.3 is 6.03 Å². The molecule has 6 heteroatoms. The Hall–Kier alpha value is -2.34. The molecule has 0 spiro atoms. The molecule has 1 aromatic carbocycles. The molecule has 3 rings (SSSR count). The predicted molar refractivity (Wildman–Crippen MR) is 89.2 cm³/mol. The molecule has 1 fully saturated rings. The van der Waals surface area contributed by atoms with E-state index in [-0.39, 0.29) is 12.1 Å². The zero-order valence-corrected chi connectivity index (χ0v) is 13.8. The van der Waals surface area contributed by atoms with Gasteiger partial charge < -0.3 is 19.8 Å². The van der Waals surface area contributed by atoms with Gasteiger partial charge in [-0.1, -0.05) is 35.5 Å². The molecule has 128 valence electrons. The highest BCUT2D eigenvalue weighted by atomic mass is 16.5. The molecule has 2 aromatic rings. The van der Waals surface area contributed by atoms with Crippen LogP contribution in [0, 0.1) is 6.92 Å². The average Bonchev–Trinajstić information content (AvgIpc) is 3.22. The maximum atomic E-state index is 12.4. The summed E-state index contributed by atoms with van der Waals surface area (Å²) in [6.45, 7) is 2.89. The van der Waals surface area contributed by atoms with Gasteiger partial charge in [0.15, 0.2) is 0 Å². The summed E-state index contributed by atoms with van der Waals surface area (Å²) in [7, 11) is 0. The van der Waals surface area contributed by atoms with E-state index in [4.69, 9.17) is 4.52 Å². The summed E-state index contributed by atoms with van der Waals surface area (Å²) in [5, 5.41) is 17.2. The number of urea groups is 1. The highest BCUT2D eigenvalue weighted by molar-refractivity contribution is 5.74. The molecule has 1 aliphatic rings. The third-order valence-electron chi connectivity index (χ3n) is 4.42. The van der Waals surface area contributed by atoms with E-state index in [0.717, 1.165) is 30.7 Å². The Morgan fingerprint density at radius 1 is 1.46 bits per heavy atom. The molecule has 2 N–H and O–H groups in total. The maximum absolute atomic E-state index is 12.4. The van der Waals surface area contributed by atoms with Gasteiger partial charge in [0.1, 0.15) is 11.5 Å². The van der Waals surface area contributed by atoms with Gasteiger partial charge in [-0.2, -0.15) is 0 Å². The van der Waals surface area contributed by atoms with E-state index in [1.165, 1.54) is 0 Å². The number of aromatic nitrogens is 1. The van der Waals surface area contributed by atoms with Crippen LogP contribution < -0.4 is 5.32 Å². The molecule has 1 aliphatic heterocycles. The number of hydrogen-bond acceptors (Lipinski definition) is 4. The minimum Gasteiger partial charge on any atom is -0.388 e. The molecule has 1 saturated heterocycles. The van der Waals surface area contributed by atoms with Crippen LogP contribution in [0.5, 0.6) is 0 Å². The highest BCUT2D eigenvalue weighted by Crippen LogP contribution is 2.27. The number of amides is 2. The van der Waals surface area contributed by atoms with E-state index in [1.54, 1.807) is 6.07 Å². The Morgan fingerprint density at radius 3 is 2.96 bits per heavy atom. The Labute approximate surface area is 141 Å². The SMILES string of the molecule is Cc1cc(CNC(=O)N2CCC[C@@H]2C[C@@H](O)c2ccccc2)no1. The molecule has 0 aliphatic carbocycles. The molecule has 6 nitrogen and oxygen atoms in total. The van der Waals surface area contributed by atoms with Crippen LogP contribution in [0.15, 0.2) is 40.9 Å². The van der Waals surface area contributed by atoms with Crippen molar-refractivity contribution in [3.8, 4) is 0 Å². The van der Waals surface area contributed by atoms with Gasteiger partial charge in [-0.25, -0.2) is 4.79 Å². The summed E-state index contributed by atoms with van der Waals surface area (Å²) in [4.78, 5) is 14.2. The van der Waals surface area contributed by atoms with Gasteiger partial charge in [0, 0.05) is 18.7 Å². The second kappa shape index (κ2) is 7.49. The summed E-state index contributed by atoms with van der Waals surface area (Å²) in [5.74, 6) is 0.726. The van der Waals surface area contributed by atoms with Crippen molar-refractivity contribution in [2.45, 2.75) is 44.9 Å². The average molecular weight is 329 g/mol. The topological polar surface area (TPSA) is 78.6 Å². The van der Waals surface area contributed by atoms with Gasteiger partial charge in [-0.05, 0) is 31.7 Å². The Bertz CT molecular complexity index is 671. The second-order valence-corrected chi connectivity index (χ2v) is 6.24. The number of likely N-dealkylation sites (tertiary alicyclic amines) is 1. The normalized spacial score (nSPS) is 18.6. The summed E-state index contributed by atoms with van der Waals surface area (Å²) >= 11 is 0. The number of rotatable bonds is 5. The zero-order valence-electron chi connectivity index (χ0n) is 13.8. The Balaban J connectivity index is 1.55. The third-order valence-corrected chi connectivity index (χ3v) is 4.42. The monoisotopic (exact) mass is 329 g/mol. The fourth-order valence-electron chi connectivity index (χ4n) is 3.19. The van der Waals surface area contributed by atoms with Gasteiger partial charge in [-0.3, -0.25) is 0 Å². The van der Waals surface area contributed by atoms with Crippen LogP contribution in [0.4, 0.5) is 4.79 Å². The molecule has 2 heterocycles. The summed E-state index contributed by atoms with van der Waals surface area (Å²) < 4.78 is 5.00. The van der Waals surface area contributed by atoms with Gasteiger partial charge in [-0.15, -0.1) is 0 Å². The van der Waals surface area contributed by atoms with Crippen molar-refractivity contribution >= 4 is 6.03 Å². The maximum Gasteiger partial charge on any atom is 0.317 e. The quantitative estimate of drug-likeness (QED) is 0.884. The number of aliphatic hydroxyl groups excluding tert-OH is 1. The van der Waals surface area contributed by atoms with E-state index in [2.05, 4.69) is 10.5 Å². The molecule has 0 unspecified atom stereocenters. The van der Waals surface area contributed by atoms with Crippen LogP contribution in [0.2, 0.25) is 0 Å². The van der Waals surface area contributed by atoms with Crippen LogP contribution in [0.1, 0.15) is 42.4 Å². The first-order valence-electron chi connectivity index (χ1n) is 8.33. The third kappa shape index (κ3) is 3.94. The van der Waals surface area contributed by atoms with Crippen molar-refractivity contribution in [2.24, 2.45) is 0 Å². The molecule has 0 saturated carbocycles. The van der Waals surface area contributed by atoms with E-state index < -0.39 is 6.10 Å². The number of carbonyl (C=O) groups excluding carboxylic acids is 1. The van der Waals surface area contributed by atoms with Crippen LogP contribution in [-0.2, 0) is 6.54 Å². The second-order valence-electron chi connectivity index (χ2n) is 6.24. The fraction of sp³-hybridized carbons (Fsp3) is 0.444. The lowest BCUT2D eigenvalue weighted by atomic mass is 10.0. The summed E-state index contributed by atoms with van der Waals surface area (Å²) in [5.41, 5.74) is 1.60. The van der Waals surface area contributed by atoms with Crippen molar-refractivity contribution in [1.29, 1.82) is 0 Å². The Kier molecular flexibility index (Phi) is 5.15. The standard InChI is InChI=1S/C18H23N3O3/c1-13-10-15(20-24-13)12-19-18(23)21-9-5-8-16(21)11-17(22)14-6-3-2-4-7-14/h2-4,6-7,10,16-17,22H,5,8-9,11-12H2,1H3,(H,19,23)/t16-,17-/m1/s1. The highest BCUT2D eigenvalue weighted by Gasteiger charge is 2.30. The molecule has 24 heavy (non-hydrogen) atoms. The molecule has 1 aromatic heterocycles. The minimum atomic E-state index is -0.553. The largest absolute Gasteiger partial charge is 0.388 e. The van der Waals surface area contributed by atoms with E-state index >= 15 is 0 Å². The van der Waals surface area contributed by atoms with Gasteiger partial charge in [0.2, 0.25) is 0 Å².